The molecule has 0 saturated carbocycles. The monoisotopic (exact) mass is 339 g/mol. The van der Waals surface area contributed by atoms with Gasteiger partial charge in [0.05, 0.1) is 0 Å². The Hall–Kier alpha value is -0.580. The van der Waals surface area contributed by atoms with E-state index in [0.29, 0.717) is 0 Å². The summed E-state index contributed by atoms with van der Waals surface area (Å²) in [5, 5.41) is 0. The fourth-order valence-corrected chi connectivity index (χ4v) is 3.59. The number of nitrogens with zero attached hydrogens (tertiary/aromatic N) is 2. The minimum atomic E-state index is 0.0672. The van der Waals surface area contributed by atoms with Gasteiger partial charge >= 0.3 is 0 Å². The molecule has 0 aromatic heterocycles. The van der Waals surface area contributed by atoms with Crippen LogP contribution in [0.2, 0.25) is 0 Å². The van der Waals surface area contributed by atoms with Crippen molar-refractivity contribution in [2.24, 2.45) is 11.7 Å². The van der Waals surface area contributed by atoms with Gasteiger partial charge in [-0.25, -0.2) is 0 Å². The number of hydrogen-bond acceptors (Lipinski definition) is 3. The van der Waals surface area contributed by atoms with Gasteiger partial charge in [-0.2, -0.15) is 0 Å². The van der Waals surface area contributed by atoms with E-state index in [-0.39, 0.29) is 6.04 Å². The molecule has 2 N–H and O–H groups in total. The third kappa shape index (κ3) is 3.96. The van der Waals surface area contributed by atoms with Crippen LogP contribution in [0.5, 0.6) is 0 Å². The Bertz CT molecular complexity index is 439. The molecule has 4 heteroatoms. The maximum atomic E-state index is 5.95. The predicted molar refractivity (Wildman–Crippen MR) is 90.2 cm³/mol. The van der Waals surface area contributed by atoms with Crippen LogP contribution >= 0.6 is 15.9 Å². The number of piperidine rings is 1. The zero-order chi connectivity index (χ0) is 14.7. The molecular weight excluding hydrogens is 314 g/mol. The number of halogens is 1. The summed E-state index contributed by atoms with van der Waals surface area (Å²) >= 11 is 3.64. The Morgan fingerprint density at radius 2 is 2.05 bits per heavy atom. The standard InChI is InChI=1S/C16H26BrN3/c1-12(18)15-5-4-14(10-16(15)17)20(3)11-13-6-8-19(2)9-7-13/h4-5,10,12-13H,6-9,11,18H2,1-3H3/t12-/m1/s1. The Balaban J connectivity index is 1.98. The van der Waals surface area contributed by atoms with Crippen LogP contribution in [-0.2, 0) is 0 Å². The predicted octanol–water partition coefficient (Wildman–Crippen LogP) is 3.25. The molecule has 112 valence electrons. The first-order valence-electron chi connectivity index (χ1n) is 7.42. The lowest BCUT2D eigenvalue weighted by Crippen LogP contribution is -2.35. The van der Waals surface area contributed by atoms with E-state index in [1.165, 1.54) is 37.2 Å². The molecule has 1 saturated heterocycles. The molecule has 0 amide bonds. The van der Waals surface area contributed by atoms with Gasteiger partial charge in [0.15, 0.2) is 0 Å². The van der Waals surface area contributed by atoms with Crippen molar-refractivity contribution >= 4 is 21.6 Å². The highest BCUT2D eigenvalue weighted by molar-refractivity contribution is 9.10. The third-order valence-corrected chi connectivity index (χ3v) is 4.97. The average Bonchev–Trinajstić information content (AvgIpc) is 2.40. The van der Waals surface area contributed by atoms with Gasteiger partial charge in [-0.1, -0.05) is 22.0 Å². The lowest BCUT2D eigenvalue weighted by molar-refractivity contribution is 0.222. The highest BCUT2D eigenvalue weighted by Crippen LogP contribution is 2.28. The van der Waals surface area contributed by atoms with Gasteiger partial charge in [-0.3, -0.25) is 0 Å². The van der Waals surface area contributed by atoms with Crippen LogP contribution in [0, 0.1) is 5.92 Å². The molecule has 0 bridgehead atoms. The van der Waals surface area contributed by atoms with Gasteiger partial charge in [-0.15, -0.1) is 0 Å². The molecule has 2 rings (SSSR count). The number of anilines is 1. The van der Waals surface area contributed by atoms with Gasteiger partial charge in [-0.05, 0) is 63.5 Å². The highest BCUT2D eigenvalue weighted by Gasteiger charge is 2.18. The number of likely N-dealkylation sites (tertiary alicyclic amines) is 1. The van der Waals surface area contributed by atoms with E-state index in [1.807, 2.05) is 6.92 Å². The highest BCUT2D eigenvalue weighted by atomic mass is 79.9. The topological polar surface area (TPSA) is 32.5 Å². The van der Waals surface area contributed by atoms with Crippen molar-refractivity contribution in [1.82, 2.24) is 4.90 Å². The first kappa shape index (κ1) is 15.8. The molecule has 0 radical (unpaired) electrons. The van der Waals surface area contributed by atoms with Crippen LogP contribution in [0.25, 0.3) is 0 Å². The molecule has 1 atom stereocenters. The van der Waals surface area contributed by atoms with Crippen molar-refractivity contribution in [2.45, 2.75) is 25.8 Å². The maximum absolute atomic E-state index is 5.95. The second kappa shape index (κ2) is 6.92. The second-order valence-corrected chi connectivity index (χ2v) is 6.98. The molecular formula is C16H26BrN3. The summed E-state index contributed by atoms with van der Waals surface area (Å²) in [4.78, 5) is 4.79. The van der Waals surface area contributed by atoms with E-state index in [0.717, 1.165) is 16.9 Å². The molecule has 0 spiro atoms. The quantitative estimate of drug-likeness (QED) is 0.913. The van der Waals surface area contributed by atoms with Crippen LogP contribution in [0.4, 0.5) is 5.69 Å². The number of rotatable bonds is 4. The Kier molecular flexibility index (Phi) is 5.47. The summed E-state index contributed by atoms with van der Waals surface area (Å²) in [6, 6.07) is 6.57. The van der Waals surface area contributed by atoms with E-state index >= 15 is 0 Å². The summed E-state index contributed by atoms with van der Waals surface area (Å²) in [6.45, 7) is 5.61. The van der Waals surface area contributed by atoms with E-state index in [2.05, 4.69) is 58.0 Å². The molecule has 20 heavy (non-hydrogen) atoms. The minimum Gasteiger partial charge on any atom is -0.374 e. The molecule has 0 aliphatic carbocycles. The minimum absolute atomic E-state index is 0.0672. The number of hydrogen-bond donors (Lipinski definition) is 1. The van der Waals surface area contributed by atoms with Crippen molar-refractivity contribution in [3.05, 3.63) is 28.2 Å². The van der Waals surface area contributed by atoms with Crippen molar-refractivity contribution in [2.75, 3.05) is 38.6 Å². The molecule has 1 aromatic carbocycles. The third-order valence-electron chi connectivity index (χ3n) is 4.29. The molecule has 3 nitrogen and oxygen atoms in total. The van der Waals surface area contributed by atoms with Crippen LogP contribution in [0.3, 0.4) is 0 Å². The Morgan fingerprint density at radius 1 is 1.40 bits per heavy atom. The van der Waals surface area contributed by atoms with Crippen LogP contribution in [-0.4, -0.2) is 38.6 Å². The zero-order valence-corrected chi connectivity index (χ0v) is 14.4. The Labute approximate surface area is 131 Å². The molecule has 1 fully saturated rings. The zero-order valence-electron chi connectivity index (χ0n) is 12.8. The average molecular weight is 340 g/mol. The van der Waals surface area contributed by atoms with Crippen molar-refractivity contribution in [1.29, 1.82) is 0 Å². The molecule has 1 aliphatic heterocycles. The van der Waals surface area contributed by atoms with Crippen molar-refractivity contribution in [3.8, 4) is 0 Å². The number of nitrogens with two attached hydrogens (primary N) is 1. The van der Waals surface area contributed by atoms with Gasteiger partial charge in [0.1, 0.15) is 0 Å². The Morgan fingerprint density at radius 3 is 2.60 bits per heavy atom. The SMILES string of the molecule is C[C@@H](N)c1ccc(N(C)CC2CCN(C)CC2)cc1Br. The van der Waals surface area contributed by atoms with Gasteiger partial charge in [0, 0.05) is 29.8 Å². The van der Waals surface area contributed by atoms with E-state index in [4.69, 9.17) is 5.73 Å². The van der Waals surface area contributed by atoms with Gasteiger partial charge < -0.3 is 15.5 Å². The smallest absolute Gasteiger partial charge is 0.0375 e. The summed E-state index contributed by atoms with van der Waals surface area (Å²) in [7, 11) is 4.40. The van der Waals surface area contributed by atoms with Crippen molar-refractivity contribution < 1.29 is 0 Å². The van der Waals surface area contributed by atoms with E-state index < -0.39 is 0 Å². The summed E-state index contributed by atoms with van der Waals surface area (Å²) < 4.78 is 1.11. The summed E-state index contributed by atoms with van der Waals surface area (Å²) in [6.07, 6.45) is 2.61. The summed E-state index contributed by atoms with van der Waals surface area (Å²) in [5.74, 6) is 0.808. The summed E-state index contributed by atoms with van der Waals surface area (Å²) in [5.41, 5.74) is 8.39. The van der Waals surface area contributed by atoms with Gasteiger partial charge in [0.25, 0.3) is 0 Å². The first-order valence-corrected chi connectivity index (χ1v) is 8.21. The van der Waals surface area contributed by atoms with Gasteiger partial charge in [0.2, 0.25) is 0 Å². The van der Waals surface area contributed by atoms with E-state index in [9.17, 15) is 0 Å². The molecule has 1 aromatic rings. The van der Waals surface area contributed by atoms with Crippen LogP contribution in [0.15, 0.2) is 22.7 Å². The second-order valence-electron chi connectivity index (χ2n) is 6.12. The first-order chi connectivity index (χ1) is 9.47. The molecule has 1 aliphatic rings. The fraction of sp³-hybridized carbons (Fsp3) is 0.625. The maximum Gasteiger partial charge on any atom is 0.0375 e. The number of benzene rings is 1. The van der Waals surface area contributed by atoms with E-state index in [1.54, 1.807) is 0 Å². The lowest BCUT2D eigenvalue weighted by Gasteiger charge is -2.32. The molecule has 1 heterocycles. The largest absolute Gasteiger partial charge is 0.374 e. The molecule has 0 unspecified atom stereocenters. The lowest BCUT2D eigenvalue weighted by atomic mass is 9.96. The van der Waals surface area contributed by atoms with Crippen LogP contribution in [0.1, 0.15) is 31.4 Å². The fourth-order valence-electron chi connectivity index (χ4n) is 2.86. The van der Waals surface area contributed by atoms with Crippen molar-refractivity contribution in [3.63, 3.8) is 0 Å². The van der Waals surface area contributed by atoms with Crippen LogP contribution < -0.4 is 10.6 Å². The normalized spacial score (nSPS) is 19.1.